The molecule has 6 aromatic carbocycles. The fourth-order valence-electron chi connectivity index (χ4n) is 13.8. The van der Waals surface area contributed by atoms with Crippen LogP contribution in [0.3, 0.4) is 0 Å². The highest BCUT2D eigenvalue weighted by Gasteiger charge is 2.36. The van der Waals surface area contributed by atoms with Crippen molar-refractivity contribution >= 4 is 70.0 Å². The van der Waals surface area contributed by atoms with Crippen LogP contribution in [0.1, 0.15) is 144 Å². The number of amides is 3. The predicted molar refractivity (Wildman–Crippen MR) is 362 cm³/mol. The molecule has 93 heavy (non-hydrogen) atoms. The standard InChI is InChI=1S/C77H80N6O10/c1-47(2)74(66(78)41-73(85)93-46-65-61-19-9-7-17-59(61)60-18-8-10-20-62(60)65)68(84)21-11-14-48(3)75(86)80-56-28-26-51(27-29-56)55-37-58-43-79-67-42-72(70(90-6)40-64(67)77(88)83(58)45-55)92-35-13-34-91-71-38-53-15-12-16-57-36-54(44-82(57)76(87)63(53)39-69(71)89-5)50-24-22-49(23-25-50)52-30-32-81(4)33-31-52/h7-10,15-20,22-29,38-40,42-45,47-48,52,57-58,65,74,78H,11,13-14,21,30-37,41,46H2,1-6H3,(H,80,86)/t12?,48-,57-,58+,74-/m1/s1. The van der Waals surface area contributed by atoms with Gasteiger partial charge in [0.05, 0.1) is 68.7 Å². The summed E-state index contributed by atoms with van der Waals surface area (Å²) in [7, 11) is 5.27. The molecule has 0 unspecified atom stereocenters. The van der Waals surface area contributed by atoms with Crippen molar-refractivity contribution in [2.75, 3.05) is 59.5 Å². The maximum absolute atomic E-state index is 14.2. The number of likely N-dealkylation sites (tertiary alicyclic amines) is 1. The fraction of sp³-hybridized carbons (Fsp3) is 0.351. The number of nitrogens with one attached hydrogen (secondary N) is 2. The van der Waals surface area contributed by atoms with Gasteiger partial charge >= 0.3 is 5.97 Å². The van der Waals surface area contributed by atoms with Crippen LogP contribution in [0.5, 0.6) is 23.0 Å². The lowest BCUT2D eigenvalue weighted by Crippen LogP contribution is -2.32. The highest BCUT2D eigenvalue weighted by Crippen LogP contribution is 2.46. The second kappa shape index (κ2) is 28.1. The summed E-state index contributed by atoms with van der Waals surface area (Å²) in [5, 5.41) is 11.8. The topological polar surface area (TPSA) is 189 Å². The van der Waals surface area contributed by atoms with Crippen LogP contribution < -0.4 is 24.3 Å². The molecule has 5 heterocycles. The molecule has 0 aromatic heterocycles. The van der Waals surface area contributed by atoms with Gasteiger partial charge in [-0.1, -0.05) is 106 Å². The van der Waals surface area contributed by atoms with Gasteiger partial charge in [-0.15, -0.1) is 5.73 Å². The number of ether oxygens (including phenoxy) is 5. The molecular weight excluding hydrogens is 1170 g/mol. The number of nitrogens with zero attached hydrogens (tertiary/aromatic N) is 4. The molecule has 1 aliphatic carbocycles. The minimum absolute atomic E-state index is 0.0461. The van der Waals surface area contributed by atoms with Crippen molar-refractivity contribution in [1.82, 2.24) is 14.7 Å². The molecule has 0 spiro atoms. The molecule has 6 aliphatic rings. The number of anilines is 1. The van der Waals surface area contributed by atoms with E-state index in [0.29, 0.717) is 89.1 Å². The quantitative estimate of drug-likeness (QED) is 0.0254. The highest BCUT2D eigenvalue weighted by atomic mass is 16.5. The molecule has 3 amide bonds. The number of aliphatic imine (C=N–C) groups is 1. The number of esters is 1. The largest absolute Gasteiger partial charge is 0.493 e. The Morgan fingerprint density at radius 2 is 1.29 bits per heavy atom. The molecule has 1 fully saturated rings. The number of carbonyl (C=O) groups excluding carboxylic acids is 5. The van der Waals surface area contributed by atoms with Gasteiger partial charge in [0.1, 0.15) is 12.4 Å². The zero-order valence-electron chi connectivity index (χ0n) is 53.7. The Labute approximate surface area is 544 Å². The first-order valence-corrected chi connectivity index (χ1v) is 32.5. The van der Waals surface area contributed by atoms with Crippen molar-refractivity contribution in [1.29, 1.82) is 5.41 Å². The molecule has 16 nitrogen and oxygen atoms in total. The van der Waals surface area contributed by atoms with Gasteiger partial charge in [0.2, 0.25) is 5.91 Å². The molecule has 12 rings (SSSR count). The third kappa shape index (κ3) is 13.8. The summed E-state index contributed by atoms with van der Waals surface area (Å²) in [6.07, 6.45) is 14.3. The smallest absolute Gasteiger partial charge is 0.311 e. The van der Waals surface area contributed by atoms with Gasteiger partial charge in [0, 0.05) is 67.2 Å². The third-order valence-electron chi connectivity index (χ3n) is 19.0. The summed E-state index contributed by atoms with van der Waals surface area (Å²) < 4.78 is 29.8. The lowest BCUT2D eigenvalue weighted by atomic mass is 9.83. The number of piperidine rings is 1. The monoisotopic (exact) mass is 1250 g/mol. The molecule has 4 atom stereocenters. The number of methoxy groups -OCH3 is 2. The number of ketones is 1. The molecule has 16 heteroatoms. The fourth-order valence-corrected chi connectivity index (χ4v) is 13.8. The van der Waals surface area contributed by atoms with Crippen LogP contribution in [0.4, 0.5) is 11.4 Å². The van der Waals surface area contributed by atoms with E-state index in [2.05, 4.69) is 71.5 Å². The van der Waals surface area contributed by atoms with Crippen LogP contribution in [-0.4, -0.2) is 122 Å². The van der Waals surface area contributed by atoms with Gasteiger partial charge in [0.25, 0.3) is 11.8 Å². The molecule has 478 valence electrons. The number of hydrogen-bond donors (Lipinski definition) is 2. The van der Waals surface area contributed by atoms with Gasteiger partial charge < -0.3 is 49.1 Å². The second-order valence-corrected chi connectivity index (χ2v) is 25.6. The lowest BCUT2D eigenvalue weighted by Gasteiger charge is -2.29. The summed E-state index contributed by atoms with van der Waals surface area (Å²) in [6.45, 7) is 8.53. The summed E-state index contributed by atoms with van der Waals surface area (Å²) in [4.78, 5) is 79.3. The van der Waals surface area contributed by atoms with Crippen LogP contribution in [0, 0.1) is 23.2 Å². The van der Waals surface area contributed by atoms with Crippen molar-refractivity contribution in [2.45, 2.75) is 102 Å². The number of fused-ring (bicyclic) bond motifs is 7. The first-order valence-electron chi connectivity index (χ1n) is 32.5. The first kappa shape index (κ1) is 63.5. The van der Waals surface area contributed by atoms with Gasteiger partial charge in [-0.25, -0.2) is 0 Å². The van der Waals surface area contributed by atoms with E-state index in [1.807, 2.05) is 99.9 Å². The normalized spacial score (nSPS) is 18.0. The van der Waals surface area contributed by atoms with E-state index in [-0.39, 0.29) is 85.8 Å². The van der Waals surface area contributed by atoms with Crippen LogP contribution in [0.15, 0.2) is 151 Å². The van der Waals surface area contributed by atoms with Gasteiger partial charge in [-0.05, 0) is 162 Å². The molecule has 0 bridgehead atoms. The maximum atomic E-state index is 14.2. The van der Waals surface area contributed by atoms with Crippen LogP contribution in [0.25, 0.3) is 28.3 Å². The number of carbonyl (C=O) groups is 5. The van der Waals surface area contributed by atoms with E-state index in [4.69, 9.17) is 34.1 Å². The second-order valence-electron chi connectivity index (χ2n) is 25.6. The van der Waals surface area contributed by atoms with E-state index in [1.165, 1.54) is 25.5 Å². The Morgan fingerprint density at radius 3 is 1.94 bits per heavy atom. The number of hydrogen-bond acceptors (Lipinski definition) is 13. The molecule has 0 saturated carbocycles. The van der Waals surface area contributed by atoms with E-state index < -0.39 is 17.8 Å². The molecule has 1 saturated heterocycles. The number of benzene rings is 6. The van der Waals surface area contributed by atoms with E-state index in [9.17, 15) is 24.0 Å². The Balaban J connectivity index is 0.592. The Hall–Kier alpha value is -9.63. The molecule has 5 aliphatic heterocycles. The van der Waals surface area contributed by atoms with Crippen molar-refractivity contribution in [3.63, 3.8) is 0 Å². The van der Waals surface area contributed by atoms with Gasteiger partial charge in [-0.3, -0.25) is 29.0 Å². The van der Waals surface area contributed by atoms with Crippen LogP contribution >= 0.6 is 0 Å². The van der Waals surface area contributed by atoms with Crippen molar-refractivity contribution < 1.29 is 47.7 Å². The van der Waals surface area contributed by atoms with Gasteiger partial charge in [-0.2, -0.15) is 0 Å². The summed E-state index contributed by atoms with van der Waals surface area (Å²) in [5.74, 6) is -0.235. The number of rotatable bonds is 24. The predicted octanol–water partition coefficient (Wildman–Crippen LogP) is 14.1. The molecule has 0 radical (unpaired) electrons. The van der Waals surface area contributed by atoms with E-state index in [0.717, 1.165) is 57.6 Å². The summed E-state index contributed by atoms with van der Waals surface area (Å²) >= 11 is 0. The third-order valence-corrected chi connectivity index (χ3v) is 19.0. The van der Waals surface area contributed by atoms with Crippen LogP contribution in [-0.2, 0) is 19.1 Å². The first-order chi connectivity index (χ1) is 45.1. The van der Waals surface area contributed by atoms with E-state index >= 15 is 0 Å². The van der Waals surface area contributed by atoms with Crippen LogP contribution in [0.2, 0.25) is 0 Å². The van der Waals surface area contributed by atoms with Gasteiger partial charge in [0.15, 0.2) is 23.0 Å². The maximum Gasteiger partial charge on any atom is 0.311 e. The zero-order chi connectivity index (χ0) is 64.9. The number of Topliss-reactive ketones (excluding diaryl/α,β-unsaturated/α-hetero) is 1. The Morgan fingerprint density at radius 1 is 0.699 bits per heavy atom. The summed E-state index contributed by atoms with van der Waals surface area (Å²) in [6, 6.07) is 39.1. The van der Waals surface area contributed by atoms with E-state index in [1.54, 1.807) is 41.3 Å². The minimum Gasteiger partial charge on any atom is -0.493 e. The van der Waals surface area contributed by atoms with Crippen molar-refractivity contribution in [3.8, 4) is 34.1 Å². The Kier molecular flexibility index (Phi) is 19.2. The molecule has 6 aromatic rings. The zero-order valence-corrected chi connectivity index (χ0v) is 53.7. The molecular formula is C77H80N6O10. The summed E-state index contributed by atoms with van der Waals surface area (Å²) in [5.41, 5.74) is 15.9. The Bertz CT molecular complexity index is 3990. The minimum atomic E-state index is -0.727. The molecule has 2 N–H and O–H groups in total. The lowest BCUT2D eigenvalue weighted by molar-refractivity contribution is -0.142. The van der Waals surface area contributed by atoms with Crippen molar-refractivity contribution in [3.05, 3.63) is 190 Å². The van der Waals surface area contributed by atoms with Crippen molar-refractivity contribution in [2.24, 2.45) is 22.7 Å². The highest BCUT2D eigenvalue weighted by molar-refractivity contribution is 6.10. The SMILES string of the molecule is COc1cc2c(cc1OCCCOc1cc3c(cc1OC)C(=O)N1C=C(c4ccc(NC(=O)[C@H](C)CCCC(=O)[C@@H](C(=N)CC(=O)OCC5c6ccccc6-c6ccccc65)C(C)C)cc4)C[C@H]1C=N3)C=C=C[C@@H]1CC(c3ccc(C4CCN(C)CC4)cc3)=CN1C2=O. The average Bonchev–Trinajstić information content (AvgIpc) is 1.68. The average molecular weight is 1250 g/mol.